The van der Waals surface area contributed by atoms with Gasteiger partial charge in [-0.1, -0.05) is 6.42 Å². The highest BCUT2D eigenvalue weighted by Crippen LogP contribution is 2.14. The molecule has 0 aliphatic carbocycles. The fourth-order valence-electron chi connectivity index (χ4n) is 1.19. The van der Waals surface area contributed by atoms with Crippen molar-refractivity contribution in [1.29, 1.82) is 0 Å². The van der Waals surface area contributed by atoms with Gasteiger partial charge in [0.15, 0.2) is 0 Å². The lowest BCUT2D eigenvalue weighted by atomic mass is 9.98. The van der Waals surface area contributed by atoms with Gasteiger partial charge in [-0.2, -0.15) is 0 Å². The highest BCUT2D eigenvalue weighted by Gasteiger charge is 2.20. The number of carboxylic acids is 3. The Labute approximate surface area is 86.5 Å². The first kappa shape index (κ1) is 13.4. The predicted octanol–water partition coefficient (Wildman–Crippen LogP) is 0.807. The standard InChI is InChI=1S/C9H14O6/c10-7(11)4-2-1-3-6(9(14)15)5-8(12)13/h6H,1-5H2,(H,10,11)(H,12,13)(H,14,15). The molecule has 0 rings (SSSR count). The molecule has 0 aliphatic heterocycles. The molecule has 3 N–H and O–H groups in total. The van der Waals surface area contributed by atoms with E-state index < -0.39 is 30.2 Å². The Hall–Kier alpha value is -1.59. The second kappa shape index (κ2) is 6.80. The summed E-state index contributed by atoms with van der Waals surface area (Å²) in [6.07, 6.45) is 0.562. The Morgan fingerprint density at radius 3 is 1.93 bits per heavy atom. The Kier molecular flexibility index (Phi) is 6.08. The average Bonchev–Trinajstić information content (AvgIpc) is 2.08. The van der Waals surface area contributed by atoms with Gasteiger partial charge < -0.3 is 15.3 Å². The molecule has 0 spiro atoms. The lowest BCUT2D eigenvalue weighted by Gasteiger charge is -2.08. The summed E-state index contributed by atoms with van der Waals surface area (Å²) in [5, 5.41) is 25.4. The second-order valence-corrected chi connectivity index (χ2v) is 3.27. The van der Waals surface area contributed by atoms with E-state index in [1.807, 2.05) is 0 Å². The average molecular weight is 218 g/mol. The lowest BCUT2D eigenvalue weighted by Crippen LogP contribution is -2.17. The third-order valence-electron chi connectivity index (χ3n) is 1.96. The molecule has 0 aromatic heterocycles. The summed E-state index contributed by atoms with van der Waals surface area (Å²) in [5.74, 6) is -4.15. The van der Waals surface area contributed by atoms with Crippen LogP contribution in [0.25, 0.3) is 0 Å². The van der Waals surface area contributed by atoms with Gasteiger partial charge in [-0.3, -0.25) is 14.4 Å². The van der Waals surface area contributed by atoms with Gasteiger partial charge in [-0.25, -0.2) is 0 Å². The lowest BCUT2D eigenvalue weighted by molar-refractivity contribution is -0.148. The summed E-state index contributed by atoms with van der Waals surface area (Å²) in [7, 11) is 0. The van der Waals surface area contributed by atoms with Gasteiger partial charge in [0.25, 0.3) is 0 Å². The van der Waals surface area contributed by atoms with Crippen molar-refractivity contribution in [3.05, 3.63) is 0 Å². The number of aliphatic carboxylic acids is 3. The monoisotopic (exact) mass is 218 g/mol. The van der Waals surface area contributed by atoms with Gasteiger partial charge in [-0.15, -0.1) is 0 Å². The highest BCUT2D eigenvalue weighted by atomic mass is 16.4. The van der Waals surface area contributed by atoms with Crippen molar-refractivity contribution < 1.29 is 29.7 Å². The van der Waals surface area contributed by atoms with Crippen molar-refractivity contribution in [1.82, 2.24) is 0 Å². The van der Waals surface area contributed by atoms with Gasteiger partial charge in [0, 0.05) is 6.42 Å². The van der Waals surface area contributed by atoms with E-state index in [1.54, 1.807) is 0 Å². The van der Waals surface area contributed by atoms with Crippen molar-refractivity contribution in [3.8, 4) is 0 Å². The van der Waals surface area contributed by atoms with E-state index in [0.29, 0.717) is 12.8 Å². The smallest absolute Gasteiger partial charge is 0.307 e. The minimum absolute atomic E-state index is 0.0145. The van der Waals surface area contributed by atoms with E-state index >= 15 is 0 Å². The quantitative estimate of drug-likeness (QED) is 0.519. The zero-order valence-corrected chi connectivity index (χ0v) is 8.18. The van der Waals surface area contributed by atoms with E-state index in [1.165, 1.54) is 0 Å². The maximum Gasteiger partial charge on any atom is 0.307 e. The summed E-state index contributed by atoms with van der Waals surface area (Å²) in [5.41, 5.74) is 0. The van der Waals surface area contributed by atoms with E-state index in [-0.39, 0.29) is 12.8 Å². The van der Waals surface area contributed by atoms with Crippen LogP contribution in [0.5, 0.6) is 0 Å². The third-order valence-corrected chi connectivity index (χ3v) is 1.96. The molecule has 0 saturated carbocycles. The zero-order chi connectivity index (χ0) is 11.8. The Morgan fingerprint density at radius 1 is 0.933 bits per heavy atom. The van der Waals surface area contributed by atoms with Crippen LogP contribution in [0, 0.1) is 5.92 Å². The molecule has 15 heavy (non-hydrogen) atoms. The summed E-state index contributed by atoms with van der Waals surface area (Å²) < 4.78 is 0. The maximum absolute atomic E-state index is 10.6. The molecule has 0 aliphatic rings. The van der Waals surface area contributed by atoms with Crippen molar-refractivity contribution in [2.75, 3.05) is 0 Å². The molecule has 86 valence electrons. The molecule has 0 heterocycles. The second-order valence-electron chi connectivity index (χ2n) is 3.27. The number of unbranched alkanes of at least 4 members (excludes halogenated alkanes) is 1. The fourth-order valence-corrected chi connectivity index (χ4v) is 1.19. The number of carboxylic acid groups (broad SMARTS) is 3. The van der Waals surface area contributed by atoms with Crippen molar-refractivity contribution in [2.24, 2.45) is 5.92 Å². The van der Waals surface area contributed by atoms with Crippen LogP contribution in [0.3, 0.4) is 0 Å². The molecule has 6 nitrogen and oxygen atoms in total. The van der Waals surface area contributed by atoms with Gasteiger partial charge in [0.05, 0.1) is 12.3 Å². The summed E-state index contributed by atoms with van der Waals surface area (Å²) in [6.45, 7) is 0. The van der Waals surface area contributed by atoms with Crippen molar-refractivity contribution in [2.45, 2.75) is 32.1 Å². The molecule has 0 aromatic rings. The Balaban J connectivity index is 3.81. The van der Waals surface area contributed by atoms with Crippen LogP contribution < -0.4 is 0 Å². The summed E-state index contributed by atoms with van der Waals surface area (Å²) in [4.78, 5) is 31.0. The summed E-state index contributed by atoms with van der Waals surface area (Å²) in [6, 6.07) is 0. The number of rotatable bonds is 8. The molecule has 1 atom stereocenters. The topological polar surface area (TPSA) is 112 Å². The predicted molar refractivity (Wildman–Crippen MR) is 49.5 cm³/mol. The van der Waals surface area contributed by atoms with Crippen LogP contribution >= 0.6 is 0 Å². The van der Waals surface area contributed by atoms with E-state index in [4.69, 9.17) is 15.3 Å². The third kappa shape index (κ3) is 7.48. The summed E-state index contributed by atoms with van der Waals surface area (Å²) >= 11 is 0. The minimum Gasteiger partial charge on any atom is -0.481 e. The van der Waals surface area contributed by atoms with Crippen molar-refractivity contribution >= 4 is 17.9 Å². The highest BCUT2D eigenvalue weighted by molar-refractivity contribution is 5.77. The molecule has 0 amide bonds. The van der Waals surface area contributed by atoms with Gasteiger partial charge in [0.1, 0.15) is 0 Å². The molecule has 0 aromatic carbocycles. The Bertz CT molecular complexity index is 247. The molecule has 6 heteroatoms. The van der Waals surface area contributed by atoms with Gasteiger partial charge in [-0.05, 0) is 12.8 Å². The van der Waals surface area contributed by atoms with E-state index in [0.717, 1.165) is 0 Å². The fraction of sp³-hybridized carbons (Fsp3) is 0.667. The molecule has 0 bridgehead atoms. The largest absolute Gasteiger partial charge is 0.481 e. The van der Waals surface area contributed by atoms with Gasteiger partial charge in [0.2, 0.25) is 0 Å². The number of hydrogen-bond acceptors (Lipinski definition) is 3. The van der Waals surface area contributed by atoms with Gasteiger partial charge >= 0.3 is 17.9 Å². The first-order valence-electron chi connectivity index (χ1n) is 4.60. The number of carbonyl (C=O) groups is 3. The number of hydrogen-bond donors (Lipinski definition) is 3. The van der Waals surface area contributed by atoms with Crippen LogP contribution in [0.2, 0.25) is 0 Å². The van der Waals surface area contributed by atoms with Crippen LogP contribution in [-0.4, -0.2) is 33.2 Å². The molecule has 0 radical (unpaired) electrons. The van der Waals surface area contributed by atoms with Crippen LogP contribution in [0.4, 0.5) is 0 Å². The first-order chi connectivity index (χ1) is 6.93. The molecule has 1 unspecified atom stereocenters. The van der Waals surface area contributed by atoms with E-state index in [2.05, 4.69) is 0 Å². The molecular formula is C9H14O6. The normalized spacial score (nSPS) is 12.0. The molecular weight excluding hydrogens is 204 g/mol. The minimum atomic E-state index is -1.15. The SMILES string of the molecule is O=C(O)CCCCC(CC(=O)O)C(=O)O. The van der Waals surface area contributed by atoms with Crippen molar-refractivity contribution in [3.63, 3.8) is 0 Å². The molecule has 0 saturated heterocycles. The first-order valence-corrected chi connectivity index (χ1v) is 4.60. The zero-order valence-electron chi connectivity index (χ0n) is 8.18. The van der Waals surface area contributed by atoms with Crippen LogP contribution in [0.15, 0.2) is 0 Å². The molecule has 0 fully saturated rings. The van der Waals surface area contributed by atoms with Crippen LogP contribution in [0.1, 0.15) is 32.1 Å². The maximum atomic E-state index is 10.6. The van der Waals surface area contributed by atoms with Crippen LogP contribution in [-0.2, 0) is 14.4 Å². The Morgan fingerprint density at radius 2 is 1.53 bits per heavy atom. The van der Waals surface area contributed by atoms with E-state index in [9.17, 15) is 14.4 Å².